The lowest BCUT2D eigenvalue weighted by Crippen LogP contribution is -1.99. The van der Waals surface area contributed by atoms with Gasteiger partial charge in [0.05, 0.1) is 0 Å². The Morgan fingerprint density at radius 3 is 2.50 bits per heavy atom. The van der Waals surface area contributed by atoms with Gasteiger partial charge in [-0.3, -0.25) is 4.55 Å². The molecule has 74 valence electrons. The van der Waals surface area contributed by atoms with E-state index in [4.69, 9.17) is 9.95 Å². The first-order chi connectivity index (χ1) is 6.36. The van der Waals surface area contributed by atoms with E-state index in [1.165, 1.54) is 6.07 Å². The highest BCUT2D eigenvalue weighted by Crippen LogP contribution is 2.30. The zero-order valence-corrected chi connectivity index (χ0v) is 10.1. The van der Waals surface area contributed by atoms with Crippen LogP contribution in [0.3, 0.4) is 0 Å². The van der Waals surface area contributed by atoms with Crippen LogP contribution in [0.1, 0.15) is 5.56 Å². The van der Waals surface area contributed by atoms with Crippen LogP contribution in [0.4, 0.5) is 5.69 Å². The topological polar surface area (TPSA) is 82.5 Å². The molecule has 0 atom stereocenters. The lowest BCUT2D eigenvalue weighted by molar-refractivity contribution is 0.483. The molecular formula is C7H6IN2O3S+. The first kappa shape index (κ1) is 11.4. The Bertz CT molecular complexity index is 518. The molecule has 0 amide bonds. The second kappa shape index (κ2) is 3.80. The monoisotopic (exact) mass is 325 g/mol. The Balaban J connectivity index is 3.68. The van der Waals surface area contributed by atoms with Gasteiger partial charge < -0.3 is 0 Å². The fraction of sp³-hybridized carbons (Fsp3) is 0.143. The van der Waals surface area contributed by atoms with Crippen LogP contribution in [0.2, 0.25) is 0 Å². The summed E-state index contributed by atoms with van der Waals surface area (Å²) < 4.78 is 31.3. The summed E-state index contributed by atoms with van der Waals surface area (Å²) >= 11 is 1.91. The van der Waals surface area contributed by atoms with Gasteiger partial charge in [-0.15, -0.1) is 0 Å². The highest BCUT2D eigenvalue weighted by molar-refractivity contribution is 14.1. The summed E-state index contributed by atoms with van der Waals surface area (Å²) in [4.78, 5) is 2.45. The minimum atomic E-state index is -4.35. The fourth-order valence-electron chi connectivity index (χ4n) is 1.03. The summed E-state index contributed by atoms with van der Waals surface area (Å²) in [6.45, 7) is 1.59. The zero-order valence-electron chi connectivity index (χ0n) is 7.10. The molecule has 0 radical (unpaired) electrons. The van der Waals surface area contributed by atoms with E-state index in [9.17, 15) is 8.42 Å². The van der Waals surface area contributed by atoms with Crippen molar-refractivity contribution in [3.8, 4) is 0 Å². The molecule has 0 saturated heterocycles. The molecule has 1 aromatic rings. The maximum atomic E-state index is 10.9. The molecule has 0 aromatic heterocycles. The predicted molar refractivity (Wildman–Crippen MR) is 58.5 cm³/mol. The Hall–Kier alpha value is -0.720. The second-order valence-corrected chi connectivity index (χ2v) is 5.28. The van der Waals surface area contributed by atoms with Crippen LogP contribution in [0.15, 0.2) is 17.0 Å². The molecule has 0 aliphatic rings. The summed E-state index contributed by atoms with van der Waals surface area (Å²) in [5, 5.41) is 8.60. The van der Waals surface area contributed by atoms with Crippen molar-refractivity contribution in [1.29, 1.82) is 5.39 Å². The smallest absolute Gasteiger partial charge is 0.282 e. The molecular weight excluding hydrogens is 319 g/mol. The minimum absolute atomic E-state index is 0.132. The third kappa shape index (κ3) is 2.20. The van der Waals surface area contributed by atoms with Gasteiger partial charge in [0.15, 0.2) is 9.87 Å². The average molecular weight is 325 g/mol. The van der Waals surface area contributed by atoms with E-state index < -0.39 is 10.1 Å². The molecule has 1 rings (SSSR count). The van der Waals surface area contributed by atoms with E-state index >= 15 is 0 Å². The molecule has 14 heavy (non-hydrogen) atoms. The van der Waals surface area contributed by atoms with Crippen molar-refractivity contribution in [1.82, 2.24) is 0 Å². The van der Waals surface area contributed by atoms with Crippen molar-refractivity contribution >= 4 is 38.4 Å². The number of nitrogens with zero attached hydrogens (tertiary/aromatic N) is 2. The first-order valence-corrected chi connectivity index (χ1v) is 6.01. The van der Waals surface area contributed by atoms with Crippen molar-refractivity contribution < 1.29 is 13.0 Å². The highest BCUT2D eigenvalue weighted by Gasteiger charge is 2.27. The fourth-order valence-corrected chi connectivity index (χ4v) is 2.74. The van der Waals surface area contributed by atoms with Crippen LogP contribution in [0.5, 0.6) is 0 Å². The lowest BCUT2D eigenvalue weighted by Gasteiger charge is -1.96. The van der Waals surface area contributed by atoms with Crippen LogP contribution < -0.4 is 0 Å². The largest absolute Gasteiger partial charge is 0.408 e. The standard InChI is InChI=1S/C7H5IN2O3S/c1-4-2-5(8)3-6(7(4)10-9)14(11,12)13/h2-3H,1H3/p+1. The van der Waals surface area contributed by atoms with Crippen LogP contribution in [-0.4, -0.2) is 13.0 Å². The molecule has 1 N–H and O–H groups in total. The molecule has 0 aliphatic carbocycles. The summed E-state index contributed by atoms with van der Waals surface area (Å²) in [7, 11) is -4.35. The Labute approximate surface area is 94.6 Å². The number of aryl methyl sites for hydroxylation is 1. The third-order valence-corrected chi connectivity index (χ3v) is 3.10. The van der Waals surface area contributed by atoms with Gasteiger partial charge in [-0.25, -0.2) is 0 Å². The van der Waals surface area contributed by atoms with E-state index in [-0.39, 0.29) is 10.6 Å². The Morgan fingerprint density at radius 2 is 2.07 bits per heavy atom. The average Bonchev–Trinajstić information content (AvgIpc) is 2.01. The minimum Gasteiger partial charge on any atom is -0.282 e. The SMILES string of the molecule is Cc1cc(I)cc(S(=O)(=O)O)c1[N+]#N. The maximum absolute atomic E-state index is 10.9. The number of rotatable bonds is 1. The molecule has 7 heteroatoms. The number of diazo groups is 1. The summed E-state index contributed by atoms with van der Waals surface area (Å²) in [5.41, 5.74) is 0.347. The van der Waals surface area contributed by atoms with Gasteiger partial charge in [0.1, 0.15) is 0 Å². The number of hydrogen-bond donors (Lipinski definition) is 1. The number of hydrogen-bond acceptors (Lipinski definition) is 3. The highest BCUT2D eigenvalue weighted by atomic mass is 127. The van der Waals surface area contributed by atoms with Crippen molar-refractivity contribution in [2.24, 2.45) is 0 Å². The summed E-state index contributed by atoms with van der Waals surface area (Å²) in [5.74, 6) is 0. The van der Waals surface area contributed by atoms with E-state index in [0.717, 1.165) is 0 Å². The predicted octanol–water partition coefficient (Wildman–Crippen LogP) is 2.33. The molecule has 1 aromatic carbocycles. The number of benzene rings is 1. The van der Waals surface area contributed by atoms with E-state index in [0.29, 0.717) is 9.13 Å². The van der Waals surface area contributed by atoms with Gasteiger partial charge in [-0.1, -0.05) is 0 Å². The Kier molecular flexibility index (Phi) is 3.08. The molecule has 0 aliphatic heterocycles. The molecule has 5 nitrogen and oxygen atoms in total. The zero-order chi connectivity index (χ0) is 10.9. The van der Waals surface area contributed by atoms with Gasteiger partial charge >= 0.3 is 15.8 Å². The normalized spacial score (nSPS) is 11.0. The maximum Gasteiger partial charge on any atom is 0.408 e. The van der Waals surface area contributed by atoms with Crippen molar-refractivity contribution in [2.75, 3.05) is 0 Å². The van der Waals surface area contributed by atoms with E-state index in [1.54, 1.807) is 13.0 Å². The van der Waals surface area contributed by atoms with Crippen LogP contribution in [0.25, 0.3) is 4.98 Å². The van der Waals surface area contributed by atoms with Gasteiger partial charge in [0.25, 0.3) is 0 Å². The van der Waals surface area contributed by atoms with Crippen LogP contribution in [-0.2, 0) is 10.1 Å². The molecule has 0 bridgehead atoms. The summed E-state index contributed by atoms with van der Waals surface area (Å²) in [6, 6.07) is 2.88. The second-order valence-electron chi connectivity index (χ2n) is 2.64. The quantitative estimate of drug-likeness (QED) is 0.488. The van der Waals surface area contributed by atoms with Gasteiger partial charge in [-0.05, 0) is 41.6 Å². The first-order valence-electron chi connectivity index (χ1n) is 3.49. The van der Waals surface area contributed by atoms with Crippen molar-refractivity contribution in [2.45, 2.75) is 11.8 Å². The van der Waals surface area contributed by atoms with Crippen molar-refractivity contribution in [3.63, 3.8) is 0 Å². The summed E-state index contributed by atoms with van der Waals surface area (Å²) in [6.07, 6.45) is 0. The molecule has 0 heterocycles. The molecule has 0 spiro atoms. The van der Waals surface area contributed by atoms with Gasteiger partial charge in [0, 0.05) is 9.13 Å². The van der Waals surface area contributed by atoms with Crippen LogP contribution in [0, 0.1) is 15.9 Å². The van der Waals surface area contributed by atoms with E-state index in [1.807, 2.05) is 22.6 Å². The lowest BCUT2D eigenvalue weighted by atomic mass is 10.2. The van der Waals surface area contributed by atoms with Crippen molar-refractivity contribution in [3.05, 3.63) is 26.2 Å². The van der Waals surface area contributed by atoms with E-state index in [2.05, 4.69) is 4.98 Å². The molecule has 0 saturated carbocycles. The van der Waals surface area contributed by atoms with Gasteiger partial charge in [-0.2, -0.15) is 8.42 Å². The Morgan fingerprint density at radius 1 is 1.50 bits per heavy atom. The van der Waals surface area contributed by atoms with Crippen LogP contribution >= 0.6 is 22.6 Å². The molecule has 0 fully saturated rings. The third-order valence-electron chi connectivity index (χ3n) is 1.61. The van der Waals surface area contributed by atoms with Gasteiger partial charge in [0.2, 0.25) is 5.39 Å². The molecule has 0 unspecified atom stereocenters. The number of halogens is 1.